The van der Waals surface area contributed by atoms with Crippen LogP contribution in [0.1, 0.15) is 22.6 Å². The largest absolute Gasteiger partial charge is 0.496 e. The van der Waals surface area contributed by atoms with Crippen LogP contribution in [0.3, 0.4) is 0 Å². The molecule has 10 heteroatoms. The zero-order valence-corrected chi connectivity index (χ0v) is 22.8. The van der Waals surface area contributed by atoms with E-state index in [9.17, 15) is 4.79 Å². The molecule has 10 nitrogen and oxygen atoms in total. The van der Waals surface area contributed by atoms with Crippen LogP contribution >= 0.6 is 0 Å². The first kappa shape index (κ1) is 30.0. The number of amides is 1. The third-order valence-electron chi connectivity index (χ3n) is 6.56. The Morgan fingerprint density at radius 2 is 1.15 bits per heavy atom. The van der Waals surface area contributed by atoms with Gasteiger partial charge in [-0.3, -0.25) is 9.69 Å². The highest BCUT2D eigenvalue weighted by Gasteiger charge is 2.30. The second kappa shape index (κ2) is 14.5. The fourth-order valence-electron chi connectivity index (χ4n) is 4.53. The molecule has 0 aromatic heterocycles. The molecule has 4 rings (SSSR count). The van der Waals surface area contributed by atoms with Crippen molar-refractivity contribution in [2.75, 3.05) is 47.5 Å². The molecule has 40 heavy (non-hydrogen) atoms. The smallest absolute Gasteiger partial charge is 0.414 e. The molecule has 0 spiro atoms. The Morgan fingerprint density at radius 3 is 1.57 bits per heavy atom. The zero-order chi connectivity index (χ0) is 29.1. The van der Waals surface area contributed by atoms with Crippen LogP contribution in [0, 0.1) is 0 Å². The maximum atomic E-state index is 13.7. The standard InChI is InChI=1S/C28H32N2O4.C2H2O4/c1-32-24-19-26(34-3)25(33-2)18-23(24)20-29-14-16-30(17-15-29)28(31)27(21-10-6-4-7-11-21)22-12-8-5-9-13-22;3-1(4)2(5)6/h4-13,18-19,27H,14-17,20H2,1-3H3;(H,3,4)(H,5,6). The molecule has 212 valence electrons. The van der Waals surface area contributed by atoms with Gasteiger partial charge in [0.05, 0.1) is 27.2 Å². The first-order valence-corrected chi connectivity index (χ1v) is 12.6. The number of hydrogen-bond acceptors (Lipinski definition) is 7. The zero-order valence-electron chi connectivity index (χ0n) is 22.8. The van der Waals surface area contributed by atoms with Crippen molar-refractivity contribution in [1.29, 1.82) is 0 Å². The molecule has 3 aromatic rings. The van der Waals surface area contributed by atoms with Gasteiger partial charge in [0.15, 0.2) is 11.5 Å². The van der Waals surface area contributed by atoms with E-state index in [0.29, 0.717) is 31.1 Å². The van der Waals surface area contributed by atoms with Gasteiger partial charge in [0.1, 0.15) is 5.75 Å². The monoisotopic (exact) mass is 550 g/mol. The Kier molecular flexibility index (Phi) is 10.9. The third kappa shape index (κ3) is 7.73. The van der Waals surface area contributed by atoms with Crippen molar-refractivity contribution in [3.63, 3.8) is 0 Å². The van der Waals surface area contributed by atoms with E-state index >= 15 is 0 Å². The van der Waals surface area contributed by atoms with Crippen LogP contribution < -0.4 is 14.2 Å². The van der Waals surface area contributed by atoms with E-state index in [0.717, 1.165) is 35.5 Å². The summed E-state index contributed by atoms with van der Waals surface area (Å²) in [5, 5.41) is 14.8. The number of carbonyl (C=O) groups is 3. The normalized spacial score (nSPS) is 13.2. The molecule has 0 unspecified atom stereocenters. The SMILES string of the molecule is COc1cc(OC)c(OC)cc1CN1CCN(C(=O)C(c2ccccc2)c2ccccc2)CC1.O=C(O)C(=O)O. The Hall–Kier alpha value is -4.57. The lowest BCUT2D eigenvalue weighted by Gasteiger charge is -2.37. The van der Waals surface area contributed by atoms with E-state index in [4.69, 9.17) is 34.0 Å². The first-order chi connectivity index (χ1) is 19.3. The number of carbonyl (C=O) groups excluding carboxylic acids is 1. The second-order valence-electron chi connectivity index (χ2n) is 8.99. The van der Waals surface area contributed by atoms with Gasteiger partial charge in [0.25, 0.3) is 0 Å². The minimum atomic E-state index is -1.82. The molecule has 1 saturated heterocycles. The van der Waals surface area contributed by atoms with Gasteiger partial charge >= 0.3 is 11.9 Å². The number of methoxy groups -OCH3 is 3. The molecule has 0 bridgehead atoms. The van der Waals surface area contributed by atoms with Gasteiger partial charge in [-0.15, -0.1) is 0 Å². The first-order valence-electron chi connectivity index (χ1n) is 12.6. The number of hydrogen-bond donors (Lipinski definition) is 2. The third-order valence-corrected chi connectivity index (χ3v) is 6.56. The van der Waals surface area contributed by atoms with Gasteiger partial charge in [-0.05, 0) is 17.2 Å². The van der Waals surface area contributed by atoms with Crippen LogP contribution in [0.2, 0.25) is 0 Å². The summed E-state index contributed by atoms with van der Waals surface area (Å²) in [6.45, 7) is 3.67. The van der Waals surface area contributed by atoms with E-state index in [1.54, 1.807) is 21.3 Å². The summed E-state index contributed by atoms with van der Waals surface area (Å²) in [6.07, 6.45) is 0. The van der Waals surface area contributed by atoms with Gasteiger partial charge < -0.3 is 29.3 Å². The Balaban J connectivity index is 0.000000663. The lowest BCUT2D eigenvalue weighted by molar-refractivity contribution is -0.159. The van der Waals surface area contributed by atoms with Crippen molar-refractivity contribution in [1.82, 2.24) is 9.80 Å². The number of ether oxygens (including phenoxy) is 3. The number of nitrogens with zero attached hydrogens (tertiary/aromatic N) is 2. The number of aliphatic carboxylic acids is 2. The average molecular weight is 551 g/mol. The molecule has 0 radical (unpaired) electrons. The fraction of sp³-hybridized carbons (Fsp3) is 0.300. The minimum Gasteiger partial charge on any atom is -0.496 e. The van der Waals surface area contributed by atoms with E-state index in [2.05, 4.69) is 4.90 Å². The van der Waals surface area contributed by atoms with E-state index in [-0.39, 0.29) is 11.8 Å². The lowest BCUT2D eigenvalue weighted by atomic mass is 9.90. The molecule has 0 aliphatic carbocycles. The van der Waals surface area contributed by atoms with Crippen molar-refractivity contribution >= 4 is 17.8 Å². The van der Waals surface area contributed by atoms with Crippen LogP contribution in [-0.4, -0.2) is 85.4 Å². The summed E-state index contributed by atoms with van der Waals surface area (Å²) in [6, 6.07) is 23.9. The number of carboxylic acid groups (broad SMARTS) is 2. The molecule has 1 aliphatic heterocycles. The van der Waals surface area contributed by atoms with Gasteiger partial charge in [-0.25, -0.2) is 9.59 Å². The summed E-state index contributed by atoms with van der Waals surface area (Å²) < 4.78 is 16.5. The van der Waals surface area contributed by atoms with Crippen molar-refractivity contribution in [3.05, 3.63) is 89.5 Å². The summed E-state index contributed by atoms with van der Waals surface area (Å²) >= 11 is 0. The molecular weight excluding hydrogens is 516 g/mol. The predicted molar refractivity (Wildman–Crippen MR) is 148 cm³/mol. The Bertz CT molecular complexity index is 1220. The average Bonchev–Trinajstić information content (AvgIpc) is 2.98. The Morgan fingerprint density at radius 1 is 0.700 bits per heavy atom. The molecule has 3 aromatic carbocycles. The van der Waals surface area contributed by atoms with Gasteiger partial charge in [-0.1, -0.05) is 60.7 Å². The molecule has 0 atom stereocenters. The number of carboxylic acids is 2. The van der Waals surface area contributed by atoms with Gasteiger partial charge in [0.2, 0.25) is 5.91 Å². The molecule has 1 aliphatic rings. The Labute approximate surface area is 233 Å². The molecular formula is C30H34N2O8. The molecule has 1 heterocycles. The maximum Gasteiger partial charge on any atom is 0.414 e. The summed E-state index contributed by atoms with van der Waals surface area (Å²) in [5.74, 6) is -1.69. The number of benzene rings is 3. The minimum absolute atomic E-state index is 0.153. The summed E-state index contributed by atoms with van der Waals surface area (Å²) in [4.78, 5) is 36.2. The second-order valence-corrected chi connectivity index (χ2v) is 8.99. The predicted octanol–water partition coefficient (Wildman–Crippen LogP) is 3.34. The van der Waals surface area contributed by atoms with E-state index in [1.807, 2.05) is 77.7 Å². The molecule has 1 amide bonds. The van der Waals surface area contributed by atoms with Crippen LogP contribution in [0.5, 0.6) is 17.2 Å². The highest BCUT2D eigenvalue weighted by atomic mass is 16.5. The van der Waals surface area contributed by atoms with Crippen LogP contribution in [0.4, 0.5) is 0 Å². The van der Waals surface area contributed by atoms with E-state index in [1.165, 1.54) is 0 Å². The summed E-state index contributed by atoms with van der Waals surface area (Å²) in [5.41, 5.74) is 3.08. The lowest BCUT2D eigenvalue weighted by Crippen LogP contribution is -2.49. The van der Waals surface area contributed by atoms with Crippen LogP contribution in [0.25, 0.3) is 0 Å². The van der Waals surface area contributed by atoms with Crippen molar-refractivity contribution < 1.29 is 38.8 Å². The van der Waals surface area contributed by atoms with Gasteiger partial charge in [-0.2, -0.15) is 0 Å². The quantitative estimate of drug-likeness (QED) is 0.406. The molecule has 2 N–H and O–H groups in total. The highest BCUT2D eigenvalue weighted by molar-refractivity contribution is 6.27. The summed E-state index contributed by atoms with van der Waals surface area (Å²) in [7, 11) is 4.91. The molecule has 1 fully saturated rings. The van der Waals surface area contributed by atoms with Crippen molar-refractivity contribution in [2.45, 2.75) is 12.5 Å². The van der Waals surface area contributed by atoms with Crippen LogP contribution in [-0.2, 0) is 20.9 Å². The maximum absolute atomic E-state index is 13.7. The van der Waals surface area contributed by atoms with Crippen LogP contribution in [0.15, 0.2) is 72.8 Å². The number of piperazine rings is 1. The van der Waals surface area contributed by atoms with E-state index < -0.39 is 11.9 Å². The topological polar surface area (TPSA) is 126 Å². The fourth-order valence-corrected chi connectivity index (χ4v) is 4.53. The van der Waals surface area contributed by atoms with Gasteiger partial charge in [0, 0.05) is 44.4 Å². The highest BCUT2D eigenvalue weighted by Crippen LogP contribution is 2.35. The van der Waals surface area contributed by atoms with Crippen molar-refractivity contribution in [2.24, 2.45) is 0 Å². The van der Waals surface area contributed by atoms with Crippen molar-refractivity contribution in [3.8, 4) is 17.2 Å². The number of rotatable bonds is 8. The molecule has 0 saturated carbocycles.